The standard InChI is InChI=1S/C11H18N2/c12-7-3-8-13-9-6-10-4-1-2-5-11(10)13/h4-5H,1-3,6-9,12H2. The Kier molecular flexibility index (Phi) is 2.69. The summed E-state index contributed by atoms with van der Waals surface area (Å²) in [5.41, 5.74) is 8.59. The number of hydrogen-bond acceptors (Lipinski definition) is 2. The topological polar surface area (TPSA) is 29.3 Å². The molecule has 13 heavy (non-hydrogen) atoms. The number of rotatable bonds is 3. The molecule has 0 amide bonds. The van der Waals surface area contributed by atoms with Crippen LogP contribution in [0.25, 0.3) is 0 Å². The third-order valence-electron chi connectivity index (χ3n) is 2.85. The molecule has 0 aromatic carbocycles. The van der Waals surface area contributed by atoms with Crippen LogP contribution in [-0.2, 0) is 0 Å². The number of nitrogens with zero attached hydrogens (tertiary/aromatic N) is 1. The first-order valence-electron chi connectivity index (χ1n) is 5.26. The fraction of sp³-hybridized carbons (Fsp3) is 0.636. The molecule has 2 rings (SSSR count). The predicted octanol–water partition coefficient (Wildman–Crippen LogP) is 1.65. The van der Waals surface area contributed by atoms with Gasteiger partial charge in [-0.05, 0) is 37.8 Å². The van der Waals surface area contributed by atoms with Crippen LogP contribution in [0.15, 0.2) is 23.4 Å². The molecular formula is C11H18N2. The highest BCUT2D eigenvalue weighted by atomic mass is 15.2. The summed E-state index contributed by atoms with van der Waals surface area (Å²) >= 11 is 0. The second-order valence-corrected chi connectivity index (χ2v) is 3.78. The first kappa shape index (κ1) is 8.82. The molecule has 2 heteroatoms. The highest BCUT2D eigenvalue weighted by Crippen LogP contribution is 2.31. The van der Waals surface area contributed by atoms with Gasteiger partial charge in [0, 0.05) is 18.8 Å². The van der Waals surface area contributed by atoms with Crippen molar-refractivity contribution in [3.8, 4) is 0 Å². The maximum atomic E-state index is 5.51. The van der Waals surface area contributed by atoms with Crippen LogP contribution in [0.3, 0.4) is 0 Å². The summed E-state index contributed by atoms with van der Waals surface area (Å²) in [5, 5.41) is 0. The van der Waals surface area contributed by atoms with Crippen LogP contribution in [0.4, 0.5) is 0 Å². The fourth-order valence-corrected chi connectivity index (χ4v) is 2.17. The summed E-state index contributed by atoms with van der Waals surface area (Å²) in [4.78, 5) is 2.48. The van der Waals surface area contributed by atoms with E-state index >= 15 is 0 Å². The van der Waals surface area contributed by atoms with Gasteiger partial charge in [0.1, 0.15) is 0 Å². The van der Waals surface area contributed by atoms with Crippen molar-refractivity contribution in [2.45, 2.75) is 25.7 Å². The Labute approximate surface area is 80.1 Å². The van der Waals surface area contributed by atoms with Crippen molar-refractivity contribution >= 4 is 0 Å². The molecule has 1 aliphatic carbocycles. The Balaban J connectivity index is 2.00. The van der Waals surface area contributed by atoms with Crippen molar-refractivity contribution in [3.05, 3.63) is 23.4 Å². The number of fused-ring (bicyclic) bond motifs is 1. The Hall–Kier alpha value is -0.760. The van der Waals surface area contributed by atoms with Gasteiger partial charge in [-0.2, -0.15) is 0 Å². The molecule has 0 radical (unpaired) electrons. The van der Waals surface area contributed by atoms with Crippen LogP contribution < -0.4 is 5.73 Å². The largest absolute Gasteiger partial charge is 0.371 e. The zero-order valence-electron chi connectivity index (χ0n) is 8.13. The average Bonchev–Trinajstić information content (AvgIpc) is 2.58. The summed E-state index contributed by atoms with van der Waals surface area (Å²) in [7, 11) is 0. The number of hydrogen-bond donors (Lipinski definition) is 1. The molecular weight excluding hydrogens is 160 g/mol. The molecule has 0 bridgehead atoms. The number of allylic oxidation sites excluding steroid dienone is 3. The lowest BCUT2D eigenvalue weighted by Gasteiger charge is -2.21. The third-order valence-corrected chi connectivity index (χ3v) is 2.85. The fourth-order valence-electron chi connectivity index (χ4n) is 2.17. The smallest absolute Gasteiger partial charge is 0.0355 e. The normalized spacial score (nSPS) is 21.2. The van der Waals surface area contributed by atoms with Gasteiger partial charge in [0.2, 0.25) is 0 Å². The third kappa shape index (κ3) is 1.78. The Morgan fingerprint density at radius 2 is 2.15 bits per heavy atom. The number of likely N-dealkylation sites (tertiary alicyclic amines) is 1. The molecule has 1 heterocycles. The molecule has 72 valence electrons. The first-order chi connectivity index (χ1) is 6.42. The van der Waals surface area contributed by atoms with Crippen LogP contribution in [0.1, 0.15) is 25.7 Å². The quantitative estimate of drug-likeness (QED) is 0.712. The maximum absolute atomic E-state index is 5.51. The highest BCUT2D eigenvalue weighted by Gasteiger charge is 2.22. The summed E-state index contributed by atoms with van der Waals surface area (Å²) in [6, 6.07) is 0. The second-order valence-electron chi connectivity index (χ2n) is 3.78. The van der Waals surface area contributed by atoms with E-state index in [0.29, 0.717) is 0 Å². The van der Waals surface area contributed by atoms with Crippen LogP contribution in [-0.4, -0.2) is 24.5 Å². The zero-order chi connectivity index (χ0) is 9.10. The minimum atomic E-state index is 0.808. The van der Waals surface area contributed by atoms with Crippen molar-refractivity contribution in [1.29, 1.82) is 0 Å². The summed E-state index contributed by atoms with van der Waals surface area (Å²) in [5.74, 6) is 0. The lowest BCUT2D eigenvalue weighted by Crippen LogP contribution is -2.21. The molecule has 1 aliphatic heterocycles. The van der Waals surface area contributed by atoms with Gasteiger partial charge < -0.3 is 10.6 Å². The monoisotopic (exact) mass is 178 g/mol. The van der Waals surface area contributed by atoms with E-state index < -0.39 is 0 Å². The first-order valence-corrected chi connectivity index (χ1v) is 5.26. The van der Waals surface area contributed by atoms with Crippen LogP contribution >= 0.6 is 0 Å². The van der Waals surface area contributed by atoms with Crippen molar-refractivity contribution in [1.82, 2.24) is 4.90 Å². The molecule has 0 spiro atoms. The molecule has 2 N–H and O–H groups in total. The van der Waals surface area contributed by atoms with Crippen molar-refractivity contribution in [3.63, 3.8) is 0 Å². The van der Waals surface area contributed by atoms with Gasteiger partial charge in [-0.25, -0.2) is 0 Å². The Morgan fingerprint density at radius 1 is 1.31 bits per heavy atom. The van der Waals surface area contributed by atoms with Crippen molar-refractivity contribution in [2.75, 3.05) is 19.6 Å². The molecule has 0 atom stereocenters. The molecule has 0 aromatic rings. The van der Waals surface area contributed by atoms with E-state index in [0.717, 1.165) is 19.5 Å². The lowest BCUT2D eigenvalue weighted by atomic mass is 10.0. The molecule has 0 unspecified atom stereocenters. The van der Waals surface area contributed by atoms with E-state index in [9.17, 15) is 0 Å². The van der Waals surface area contributed by atoms with Gasteiger partial charge in [-0.3, -0.25) is 0 Å². The minimum Gasteiger partial charge on any atom is -0.371 e. The highest BCUT2D eigenvalue weighted by molar-refractivity contribution is 5.36. The van der Waals surface area contributed by atoms with E-state index in [-0.39, 0.29) is 0 Å². The minimum absolute atomic E-state index is 0.808. The van der Waals surface area contributed by atoms with Gasteiger partial charge in [-0.15, -0.1) is 0 Å². The molecule has 0 saturated carbocycles. The van der Waals surface area contributed by atoms with E-state index in [2.05, 4.69) is 17.1 Å². The zero-order valence-corrected chi connectivity index (χ0v) is 8.13. The second kappa shape index (κ2) is 3.97. The SMILES string of the molecule is NCCCN1CCC2=CCCC=C21. The summed E-state index contributed by atoms with van der Waals surface area (Å²) in [6.07, 6.45) is 9.61. The van der Waals surface area contributed by atoms with Gasteiger partial charge in [-0.1, -0.05) is 12.2 Å². The van der Waals surface area contributed by atoms with Gasteiger partial charge in [0.25, 0.3) is 0 Å². The van der Waals surface area contributed by atoms with Gasteiger partial charge in [0.05, 0.1) is 0 Å². The maximum Gasteiger partial charge on any atom is 0.0355 e. The van der Waals surface area contributed by atoms with E-state index in [1.807, 2.05) is 0 Å². The van der Waals surface area contributed by atoms with Crippen LogP contribution in [0.2, 0.25) is 0 Å². The van der Waals surface area contributed by atoms with E-state index in [1.165, 1.54) is 31.5 Å². The van der Waals surface area contributed by atoms with Crippen LogP contribution in [0.5, 0.6) is 0 Å². The Bertz CT molecular complexity index is 240. The predicted molar refractivity (Wildman–Crippen MR) is 55.3 cm³/mol. The molecule has 2 aliphatic rings. The molecule has 1 fully saturated rings. The molecule has 1 saturated heterocycles. The molecule has 2 nitrogen and oxygen atoms in total. The summed E-state index contributed by atoms with van der Waals surface area (Å²) < 4.78 is 0. The van der Waals surface area contributed by atoms with Gasteiger partial charge in [0.15, 0.2) is 0 Å². The van der Waals surface area contributed by atoms with Crippen LogP contribution in [0, 0.1) is 0 Å². The van der Waals surface area contributed by atoms with E-state index in [1.54, 1.807) is 5.57 Å². The lowest BCUT2D eigenvalue weighted by molar-refractivity contribution is 0.387. The average molecular weight is 178 g/mol. The Morgan fingerprint density at radius 3 is 3.00 bits per heavy atom. The van der Waals surface area contributed by atoms with Crippen molar-refractivity contribution < 1.29 is 0 Å². The summed E-state index contributed by atoms with van der Waals surface area (Å²) in [6.45, 7) is 3.15. The van der Waals surface area contributed by atoms with Gasteiger partial charge >= 0.3 is 0 Å². The molecule has 0 aromatic heterocycles. The van der Waals surface area contributed by atoms with E-state index in [4.69, 9.17) is 5.73 Å². The van der Waals surface area contributed by atoms with Crippen molar-refractivity contribution in [2.24, 2.45) is 5.73 Å². The number of nitrogens with two attached hydrogens (primary N) is 1.